The molecule has 1 aliphatic rings. The van der Waals surface area contributed by atoms with Gasteiger partial charge in [0.05, 0.1) is 22.6 Å². The number of nitrogens with two attached hydrogens (primary N) is 1. The lowest BCUT2D eigenvalue weighted by molar-refractivity contribution is -0.122. The van der Waals surface area contributed by atoms with Crippen molar-refractivity contribution in [1.29, 1.82) is 0 Å². The van der Waals surface area contributed by atoms with Gasteiger partial charge in [0.2, 0.25) is 5.91 Å². The third kappa shape index (κ3) is 3.54. The van der Waals surface area contributed by atoms with Crippen LogP contribution < -0.4 is 16.6 Å². The molecule has 1 saturated carbocycles. The Morgan fingerprint density at radius 2 is 2.05 bits per heavy atom. The molecular formula is C15H20Cl2FN3O. The van der Waals surface area contributed by atoms with Crippen LogP contribution in [0, 0.1) is 11.2 Å². The van der Waals surface area contributed by atoms with Crippen LogP contribution in [0.1, 0.15) is 44.2 Å². The number of amides is 1. The molecule has 7 heteroatoms. The summed E-state index contributed by atoms with van der Waals surface area (Å²) in [6.07, 6.45) is 3.85. The number of carbonyl (C=O) groups is 1. The lowest BCUT2D eigenvalue weighted by atomic mass is 9.77. The molecule has 1 aliphatic carbocycles. The highest BCUT2D eigenvalue weighted by Gasteiger charge is 2.41. The van der Waals surface area contributed by atoms with E-state index in [1.807, 2.05) is 6.92 Å². The van der Waals surface area contributed by atoms with Crippen LogP contribution in [0.4, 0.5) is 4.39 Å². The largest absolute Gasteiger partial charge is 0.347 e. The van der Waals surface area contributed by atoms with E-state index in [0.29, 0.717) is 0 Å². The van der Waals surface area contributed by atoms with Crippen LogP contribution in [0.5, 0.6) is 0 Å². The smallest absolute Gasteiger partial charge is 0.235 e. The zero-order valence-corrected chi connectivity index (χ0v) is 13.9. The molecule has 0 radical (unpaired) electrons. The van der Waals surface area contributed by atoms with Crippen LogP contribution in [0.15, 0.2) is 12.1 Å². The van der Waals surface area contributed by atoms with E-state index in [2.05, 4.69) is 10.7 Å². The van der Waals surface area contributed by atoms with E-state index in [-0.39, 0.29) is 33.5 Å². The van der Waals surface area contributed by atoms with Crippen LogP contribution in [-0.4, -0.2) is 12.5 Å². The first-order valence-electron chi connectivity index (χ1n) is 7.25. The topological polar surface area (TPSA) is 67.2 Å². The first kappa shape index (κ1) is 17.5. The fraction of sp³-hybridized carbons (Fsp3) is 0.533. The highest BCUT2D eigenvalue weighted by Crippen LogP contribution is 2.49. The molecule has 1 amide bonds. The average Bonchev–Trinajstić information content (AvgIpc) is 2.90. The number of hydrogen-bond acceptors (Lipinski definition) is 3. The first-order valence-corrected chi connectivity index (χ1v) is 8.01. The van der Waals surface area contributed by atoms with Crippen molar-refractivity contribution in [2.24, 2.45) is 11.3 Å². The summed E-state index contributed by atoms with van der Waals surface area (Å²) < 4.78 is 14.4. The second kappa shape index (κ2) is 7.13. The molecule has 0 bridgehead atoms. The van der Waals surface area contributed by atoms with Gasteiger partial charge in [-0.15, -0.1) is 0 Å². The Morgan fingerprint density at radius 1 is 1.41 bits per heavy atom. The Kier molecular flexibility index (Phi) is 5.66. The number of carbonyl (C=O) groups excluding carboxylic acids is 1. The molecule has 0 saturated heterocycles. The monoisotopic (exact) mass is 347 g/mol. The van der Waals surface area contributed by atoms with E-state index in [4.69, 9.17) is 29.0 Å². The van der Waals surface area contributed by atoms with Crippen LogP contribution in [-0.2, 0) is 4.79 Å². The van der Waals surface area contributed by atoms with Crippen molar-refractivity contribution in [1.82, 2.24) is 10.7 Å². The number of hydrogen-bond donors (Lipinski definition) is 3. The zero-order chi connectivity index (χ0) is 16.3. The Hall–Kier alpha value is -0.880. The first-order chi connectivity index (χ1) is 10.4. The van der Waals surface area contributed by atoms with Gasteiger partial charge in [-0.05, 0) is 30.4 Å². The molecule has 0 aliphatic heterocycles. The maximum Gasteiger partial charge on any atom is 0.235 e. The molecule has 4 N–H and O–H groups in total. The summed E-state index contributed by atoms with van der Waals surface area (Å²) in [6.45, 7) is 1.99. The Balaban J connectivity index is 2.44. The summed E-state index contributed by atoms with van der Waals surface area (Å²) in [4.78, 5) is 12.0. The molecule has 4 nitrogen and oxygen atoms in total. The van der Waals surface area contributed by atoms with Gasteiger partial charge in [-0.1, -0.05) is 43.0 Å². The Bertz CT molecular complexity index is 562. The van der Waals surface area contributed by atoms with Crippen LogP contribution in [0.3, 0.4) is 0 Å². The van der Waals surface area contributed by atoms with E-state index in [1.165, 1.54) is 12.1 Å². The van der Waals surface area contributed by atoms with Gasteiger partial charge in [-0.25, -0.2) is 4.39 Å². The number of halogens is 3. The molecule has 1 fully saturated rings. The minimum Gasteiger partial charge on any atom is -0.347 e. The maximum atomic E-state index is 14.4. The molecule has 2 rings (SSSR count). The van der Waals surface area contributed by atoms with Crippen molar-refractivity contribution in [3.05, 3.63) is 33.6 Å². The van der Waals surface area contributed by atoms with Crippen molar-refractivity contribution in [3.8, 4) is 0 Å². The summed E-state index contributed by atoms with van der Waals surface area (Å²) in [7, 11) is 0. The van der Waals surface area contributed by atoms with Crippen molar-refractivity contribution < 1.29 is 9.18 Å². The van der Waals surface area contributed by atoms with Gasteiger partial charge in [0.25, 0.3) is 0 Å². The molecule has 0 heterocycles. The molecule has 1 atom stereocenters. The summed E-state index contributed by atoms with van der Waals surface area (Å²) in [5.74, 6) is 4.41. The molecule has 0 spiro atoms. The van der Waals surface area contributed by atoms with Gasteiger partial charge in [0.15, 0.2) is 0 Å². The summed E-state index contributed by atoms with van der Waals surface area (Å²) in [6, 6.07) is 2.16. The zero-order valence-electron chi connectivity index (χ0n) is 12.4. The van der Waals surface area contributed by atoms with Gasteiger partial charge >= 0.3 is 0 Å². The molecule has 122 valence electrons. The third-order valence-corrected chi connectivity index (χ3v) is 5.20. The van der Waals surface area contributed by atoms with Crippen LogP contribution in [0.25, 0.3) is 0 Å². The minimum atomic E-state index is -0.540. The van der Waals surface area contributed by atoms with E-state index in [1.54, 1.807) is 0 Å². The predicted molar refractivity (Wildman–Crippen MR) is 86.1 cm³/mol. The van der Waals surface area contributed by atoms with Crippen molar-refractivity contribution in [3.63, 3.8) is 0 Å². The van der Waals surface area contributed by atoms with Crippen molar-refractivity contribution >= 4 is 29.1 Å². The van der Waals surface area contributed by atoms with Gasteiger partial charge in [-0.2, -0.15) is 0 Å². The van der Waals surface area contributed by atoms with E-state index in [0.717, 1.165) is 25.7 Å². The van der Waals surface area contributed by atoms with Crippen LogP contribution >= 0.6 is 23.2 Å². The third-order valence-electron chi connectivity index (χ3n) is 4.38. The SMILES string of the molecule is CC1(C(NC(=O)CNN)c2c(F)ccc(Cl)c2Cl)CCCC1. The molecule has 0 aromatic heterocycles. The molecular weight excluding hydrogens is 328 g/mol. The lowest BCUT2D eigenvalue weighted by Gasteiger charge is -2.36. The molecule has 1 unspecified atom stereocenters. The minimum absolute atomic E-state index is 0.0492. The van der Waals surface area contributed by atoms with Gasteiger partial charge in [0.1, 0.15) is 5.82 Å². The standard InChI is InChI=1S/C15H20Cl2FN3O/c1-15(6-2-3-7-15)14(21-11(22)8-20-19)12-10(18)5-4-9(16)13(12)17/h4-5,14,20H,2-3,6-8,19H2,1H3,(H,21,22). The fourth-order valence-electron chi connectivity index (χ4n) is 3.18. The molecule has 1 aromatic rings. The van der Waals surface area contributed by atoms with E-state index >= 15 is 0 Å². The van der Waals surface area contributed by atoms with Crippen molar-refractivity contribution in [2.75, 3.05) is 6.54 Å². The number of hydrazine groups is 1. The predicted octanol–water partition coefficient (Wildman–Crippen LogP) is 3.33. The average molecular weight is 348 g/mol. The normalized spacial score (nSPS) is 18.2. The summed E-state index contributed by atoms with van der Waals surface area (Å²) >= 11 is 12.3. The maximum absolute atomic E-state index is 14.4. The second-order valence-electron chi connectivity index (χ2n) is 6.00. The lowest BCUT2D eigenvalue weighted by Crippen LogP contribution is -2.44. The Labute approximate surface area is 139 Å². The number of nitrogens with one attached hydrogen (secondary N) is 2. The molecule has 1 aromatic carbocycles. The quantitative estimate of drug-likeness (QED) is 0.434. The van der Waals surface area contributed by atoms with Gasteiger partial charge in [0, 0.05) is 5.56 Å². The fourth-order valence-corrected chi connectivity index (χ4v) is 3.61. The summed E-state index contributed by atoms with van der Waals surface area (Å²) in [5, 5.41) is 3.29. The summed E-state index contributed by atoms with van der Waals surface area (Å²) in [5.41, 5.74) is 2.29. The second-order valence-corrected chi connectivity index (χ2v) is 6.78. The highest BCUT2D eigenvalue weighted by atomic mass is 35.5. The van der Waals surface area contributed by atoms with Crippen LogP contribution in [0.2, 0.25) is 10.0 Å². The molecule has 22 heavy (non-hydrogen) atoms. The Morgan fingerprint density at radius 3 is 2.64 bits per heavy atom. The van der Waals surface area contributed by atoms with Gasteiger partial charge < -0.3 is 5.32 Å². The number of rotatable bonds is 5. The van der Waals surface area contributed by atoms with Gasteiger partial charge in [-0.3, -0.25) is 16.1 Å². The van der Waals surface area contributed by atoms with E-state index in [9.17, 15) is 9.18 Å². The number of benzene rings is 1. The highest BCUT2D eigenvalue weighted by molar-refractivity contribution is 6.42. The van der Waals surface area contributed by atoms with Crippen molar-refractivity contribution in [2.45, 2.75) is 38.6 Å². The van der Waals surface area contributed by atoms with E-state index < -0.39 is 11.9 Å².